The fraction of sp³-hybridized carbons (Fsp3) is 0.538. The normalized spacial score (nSPS) is 19.9. The molecule has 5 heteroatoms. The molecule has 2 N–H and O–H groups in total. The molecule has 1 aliphatic carbocycles. The summed E-state index contributed by atoms with van der Waals surface area (Å²) in [7, 11) is 0. The zero-order valence-corrected chi connectivity index (χ0v) is 10.3. The van der Waals surface area contributed by atoms with E-state index in [-0.39, 0.29) is 11.6 Å². The SMILES string of the molecule is O=C(c1c[nH]c(=O)[nH]1)N1CCC(=C2CCC2)CC1. The minimum Gasteiger partial charge on any atom is -0.337 e. The number of amides is 1. The van der Waals surface area contributed by atoms with Crippen LogP contribution in [-0.4, -0.2) is 33.9 Å². The van der Waals surface area contributed by atoms with Crippen LogP contribution >= 0.6 is 0 Å². The van der Waals surface area contributed by atoms with Crippen molar-refractivity contribution in [3.05, 3.63) is 33.5 Å². The van der Waals surface area contributed by atoms with E-state index in [1.807, 2.05) is 4.90 Å². The molecule has 0 unspecified atom stereocenters. The minimum atomic E-state index is -0.326. The lowest BCUT2D eigenvalue weighted by atomic mass is 9.84. The highest BCUT2D eigenvalue weighted by Gasteiger charge is 2.24. The Labute approximate surface area is 105 Å². The summed E-state index contributed by atoms with van der Waals surface area (Å²) in [5.74, 6) is -0.0778. The second-order valence-corrected chi connectivity index (χ2v) is 5.01. The number of piperidine rings is 1. The molecule has 0 spiro atoms. The van der Waals surface area contributed by atoms with E-state index in [2.05, 4.69) is 9.97 Å². The Morgan fingerprint density at radius 1 is 1.11 bits per heavy atom. The van der Waals surface area contributed by atoms with Gasteiger partial charge in [0, 0.05) is 19.3 Å². The van der Waals surface area contributed by atoms with Gasteiger partial charge in [-0.3, -0.25) is 4.79 Å². The van der Waals surface area contributed by atoms with E-state index >= 15 is 0 Å². The molecule has 1 aromatic rings. The number of carbonyl (C=O) groups is 1. The minimum absolute atomic E-state index is 0.0778. The second-order valence-electron chi connectivity index (χ2n) is 5.01. The summed E-state index contributed by atoms with van der Waals surface area (Å²) in [6, 6.07) is 0. The van der Waals surface area contributed by atoms with Gasteiger partial charge in [0.2, 0.25) is 0 Å². The zero-order chi connectivity index (χ0) is 12.5. The number of carbonyl (C=O) groups excluding carboxylic acids is 1. The van der Waals surface area contributed by atoms with Gasteiger partial charge in [-0.25, -0.2) is 4.79 Å². The molecule has 2 aliphatic rings. The fourth-order valence-electron chi connectivity index (χ4n) is 2.66. The van der Waals surface area contributed by atoms with E-state index in [9.17, 15) is 9.59 Å². The van der Waals surface area contributed by atoms with Crippen LogP contribution in [0, 0.1) is 0 Å². The highest BCUT2D eigenvalue weighted by atomic mass is 16.2. The van der Waals surface area contributed by atoms with E-state index in [0.29, 0.717) is 5.69 Å². The maximum Gasteiger partial charge on any atom is 0.323 e. The smallest absolute Gasteiger partial charge is 0.323 e. The second kappa shape index (κ2) is 4.48. The summed E-state index contributed by atoms with van der Waals surface area (Å²) in [5.41, 5.74) is 3.22. The van der Waals surface area contributed by atoms with E-state index in [1.165, 1.54) is 25.5 Å². The maximum atomic E-state index is 12.1. The molecule has 18 heavy (non-hydrogen) atoms. The van der Waals surface area contributed by atoms with E-state index in [1.54, 1.807) is 11.1 Å². The molecule has 1 aliphatic heterocycles. The number of rotatable bonds is 1. The molecule has 0 radical (unpaired) electrons. The highest BCUT2D eigenvalue weighted by Crippen LogP contribution is 2.33. The summed E-state index contributed by atoms with van der Waals surface area (Å²) in [6.45, 7) is 1.54. The molecule has 5 nitrogen and oxygen atoms in total. The average molecular weight is 247 g/mol. The molecule has 1 aromatic heterocycles. The van der Waals surface area contributed by atoms with Crippen molar-refractivity contribution in [1.82, 2.24) is 14.9 Å². The number of aromatic nitrogens is 2. The standard InChI is InChI=1S/C13H17N3O2/c17-12(11-8-14-13(18)15-11)16-6-4-10(5-7-16)9-2-1-3-9/h8H,1-7H2,(H2,14,15,18). The lowest BCUT2D eigenvalue weighted by molar-refractivity contribution is 0.0737. The third kappa shape index (κ3) is 2.00. The van der Waals surface area contributed by atoms with Gasteiger partial charge in [0.25, 0.3) is 5.91 Å². The van der Waals surface area contributed by atoms with Gasteiger partial charge < -0.3 is 14.9 Å². The average Bonchev–Trinajstić information content (AvgIpc) is 2.74. The van der Waals surface area contributed by atoms with Crippen molar-refractivity contribution < 1.29 is 4.79 Å². The molecule has 0 aromatic carbocycles. The Balaban J connectivity index is 1.66. The van der Waals surface area contributed by atoms with E-state index in [4.69, 9.17) is 0 Å². The van der Waals surface area contributed by atoms with Crippen molar-refractivity contribution in [3.63, 3.8) is 0 Å². The first-order valence-electron chi connectivity index (χ1n) is 6.51. The number of imidazole rings is 1. The van der Waals surface area contributed by atoms with Crippen LogP contribution in [0.15, 0.2) is 22.1 Å². The molecule has 0 atom stereocenters. The van der Waals surface area contributed by atoms with Crippen LogP contribution < -0.4 is 5.69 Å². The molecular formula is C13H17N3O2. The highest BCUT2D eigenvalue weighted by molar-refractivity contribution is 5.92. The van der Waals surface area contributed by atoms with Crippen LogP contribution in [0.4, 0.5) is 0 Å². The fourth-order valence-corrected chi connectivity index (χ4v) is 2.66. The monoisotopic (exact) mass is 247 g/mol. The van der Waals surface area contributed by atoms with Crippen molar-refractivity contribution in [1.29, 1.82) is 0 Å². The number of H-pyrrole nitrogens is 2. The Morgan fingerprint density at radius 2 is 1.78 bits per heavy atom. The third-order valence-electron chi connectivity index (χ3n) is 3.94. The van der Waals surface area contributed by atoms with Crippen molar-refractivity contribution in [2.24, 2.45) is 0 Å². The van der Waals surface area contributed by atoms with Crippen LogP contribution in [0.3, 0.4) is 0 Å². The Bertz CT molecular complexity index is 537. The number of aromatic amines is 2. The lowest BCUT2D eigenvalue weighted by Crippen LogP contribution is -2.37. The molecular weight excluding hydrogens is 230 g/mol. The van der Waals surface area contributed by atoms with Gasteiger partial charge in [0.15, 0.2) is 0 Å². The first-order chi connectivity index (χ1) is 8.74. The molecule has 1 saturated heterocycles. The molecule has 1 saturated carbocycles. The summed E-state index contributed by atoms with van der Waals surface area (Å²) >= 11 is 0. The zero-order valence-electron chi connectivity index (χ0n) is 10.3. The van der Waals surface area contributed by atoms with Gasteiger partial charge in [-0.05, 0) is 32.1 Å². The first kappa shape index (κ1) is 11.3. The van der Waals surface area contributed by atoms with Gasteiger partial charge in [0.05, 0.1) is 0 Å². The van der Waals surface area contributed by atoms with Crippen molar-refractivity contribution >= 4 is 5.91 Å². The Morgan fingerprint density at radius 3 is 2.28 bits per heavy atom. The number of allylic oxidation sites excluding steroid dienone is 1. The van der Waals surface area contributed by atoms with Gasteiger partial charge >= 0.3 is 5.69 Å². The largest absolute Gasteiger partial charge is 0.337 e. The number of hydrogen-bond acceptors (Lipinski definition) is 2. The molecule has 3 rings (SSSR count). The van der Waals surface area contributed by atoms with Gasteiger partial charge in [-0.15, -0.1) is 0 Å². The number of hydrogen-bond donors (Lipinski definition) is 2. The molecule has 2 fully saturated rings. The van der Waals surface area contributed by atoms with E-state index in [0.717, 1.165) is 25.9 Å². The number of nitrogens with one attached hydrogen (secondary N) is 2. The third-order valence-corrected chi connectivity index (χ3v) is 3.94. The summed E-state index contributed by atoms with van der Waals surface area (Å²) in [4.78, 5) is 29.9. The van der Waals surface area contributed by atoms with Crippen LogP contribution in [0.5, 0.6) is 0 Å². The predicted octanol–water partition coefficient (Wildman–Crippen LogP) is 1.42. The molecule has 96 valence electrons. The lowest BCUT2D eigenvalue weighted by Gasteiger charge is -2.31. The maximum absolute atomic E-state index is 12.1. The van der Waals surface area contributed by atoms with Crippen molar-refractivity contribution in [2.75, 3.05) is 13.1 Å². The van der Waals surface area contributed by atoms with Crippen LogP contribution in [-0.2, 0) is 0 Å². The van der Waals surface area contributed by atoms with Gasteiger partial charge in [-0.2, -0.15) is 0 Å². The number of nitrogens with zero attached hydrogens (tertiary/aromatic N) is 1. The number of likely N-dealkylation sites (tertiary alicyclic amines) is 1. The van der Waals surface area contributed by atoms with Crippen molar-refractivity contribution in [2.45, 2.75) is 32.1 Å². The Kier molecular flexibility index (Phi) is 2.81. The summed E-state index contributed by atoms with van der Waals surface area (Å²) < 4.78 is 0. The van der Waals surface area contributed by atoms with Gasteiger partial charge in [0.1, 0.15) is 5.69 Å². The van der Waals surface area contributed by atoms with E-state index < -0.39 is 0 Å². The molecule has 0 bridgehead atoms. The summed E-state index contributed by atoms with van der Waals surface area (Å²) in [5, 5.41) is 0. The molecule has 1 amide bonds. The van der Waals surface area contributed by atoms with Crippen LogP contribution in [0.2, 0.25) is 0 Å². The molecule has 2 heterocycles. The van der Waals surface area contributed by atoms with Crippen LogP contribution in [0.1, 0.15) is 42.6 Å². The Hall–Kier alpha value is -1.78. The van der Waals surface area contributed by atoms with Crippen LogP contribution in [0.25, 0.3) is 0 Å². The first-order valence-corrected chi connectivity index (χ1v) is 6.51. The predicted molar refractivity (Wildman–Crippen MR) is 67.4 cm³/mol. The van der Waals surface area contributed by atoms with Crippen molar-refractivity contribution in [3.8, 4) is 0 Å². The topological polar surface area (TPSA) is 69.0 Å². The summed E-state index contributed by atoms with van der Waals surface area (Å²) in [6.07, 6.45) is 7.28. The van der Waals surface area contributed by atoms with Gasteiger partial charge in [-0.1, -0.05) is 11.1 Å². The quantitative estimate of drug-likeness (QED) is 0.737.